The molecule has 0 saturated heterocycles. The molecule has 2 aromatic carbocycles. The first-order chi connectivity index (χ1) is 12.1. The average Bonchev–Trinajstić information content (AvgIpc) is 2.66. The van der Waals surface area contributed by atoms with E-state index in [0.717, 1.165) is 12.8 Å². The maximum Gasteiger partial charge on any atom is 0.338 e. The summed E-state index contributed by atoms with van der Waals surface area (Å²) in [5.74, 6) is -1.03. The fourth-order valence-corrected chi connectivity index (χ4v) is 2.18. The summed E-state index contributed by atoms with van der Waals surface area (Å²) in [6.45, 7) is 2.29. The summed E-state index contributed by atoms with van der Waals surface area (Å²) in [4.78, 5) is 35.8. The molecule has 0 bridgehead atoms. The second-order valence-corrected chi connectivity index (χ2v) is 5.55. The normalized spacial score (nSPS) is 10.1. The van der Waals surface area contributed by atoms with E-state index in [2.05, 4.69) is 5.32 Å². The van der Waals surface area contributed by atoms with Gasteiger partial charge in [-0.15, -0.1) is 0 Å². The summed E-state index contributed by atoms with van der Waals surface area (Å²) >= 11 is 0. The zero-order valence-electron chi connectivity index (χ0n) is 14.2. The molecule has 130 valence electrons. The Balaban J connectivity index is 1.90. The van der Waals surface area contributed by atoms with Crippen LogP contribution >= 0.6 is 0 Å². The highest BCUT2D eigenvalue weighted by molar-refractivity contribution is 6.09. The van der Waals surface area contributed by atoms with Gasteiger partial charge in [0.25, 0.3) is 5.91 Å². The van der Waals surface area contributed by atoms with Crippen LogP contribution in [0.4, 0.5) is 0 Å². The number of hydrogen-bond donors (Lipinski definition) is 1. The molecule has 0 aliphatic carbocycles. The molecule has 0 heterocycles. The van der Waals surface area contributed by atoms with Crippen molar-refractivity contribution in [1.29, 1.82) is 0 Å². The molecule has 1 N–H and O–H groups in total. The monoisotopic (exact) mass is 339 g/mol. The van der Waals surface area contributed by atoms with Gasteiger partial charge in [0.05, 0.1) is 5.56 Å². The summed E-state index contributed by atoms with van der Waals surface area (Å²) in [6, 6.07) is 15.1. The molecule has 5 heteroatoms. The van der Waals surface area contributed by atoms with Crippen molar-refractivity contribution in [3.05, 3.63) is 71.3 Å². The second kappa shape index (κ2) is 9.37. The maximum atomic E-state index is 12.3. The number of benzene rings is 2. The molecule has 0 aliphatic heterocycles. The smallest absolute Gasteiger partial charge is 0.338 e. The Labute approximate surface area is 147 Å². The number of ether oxygens (including phenoxy) is 1. The van der Waals surface area contributed by atoms with Crippen LogP contribution in [0.3, 0.4) is 0 Å². The van der Waals surface area contributed by atoms with Crippen LogP contribution in [0.15, 0.2) is 54.6 Å². The fourth-order valence-electron chi connectivity index (χ4n) is 2.18. The van der Waals surface area contributed by atoms with Gasteiger partial charge in [0.2, 0.25) is 0 Å². The van der Waals surface area contributed by atoms with Crippen LogP contribution in [0.25, 0.3) is 0 Å². The number of unbranched alkanes of at least 4 members (excludes halogenated alkanes) is 1. The van der Waals surface area contributed by atoms with Gasteiger partial charge >= 0.3 is 5.97 Å². The first-order valence-electron chi connectivity index (χ1n) is 8.25. The SMILES string of the molecule is CCCCNC(=O)COC(=O)c1ccc(C(=O)c2ccccc2)cc1. The molecule has 2 rings (SSSR count). The zero-order valence-corrected chi connectivity index (χ0v) is 14.2. The predicted octanol–water partition coefficient (Wildman–Crippen LogP) is 2.99. The first kappa shape index (κ1) is 18.4. The van der Waals surface area contributed by atoms with E-state index in [-0.39, 0.29) is 18.3 Å². The van der Waals surface area contributed by atoms with Crippen LogP contribution in [0.1, 0.15) is 46.0 Å². The van der Waals surface area contributed by atoms with Crippen LogP contribution in [0, 0.1) is 0 Å². The predicted molar refractivity (Wildman–Crippen MR) is 94.5 cm³/mol. The summed E-state index contributed by atoms with van der Waals surface area (Å²) in [5.41, 5.74) is 1.37. The van der Waals surface area contributed by atoms with Crippen LogP contribution in [0.5, 0.6) is 0 Å². The zero-order chi connectivity index (χ0) is 18.1. The number of carbonyl (C=O) groups is 3. The van der Waals surface area contributed by atoms with E-state index in [4.69, 9.17) is 4.74 Å². The molecule has 0 unspecified atom stereocenters. The number of esters is 1. The second-order valence-electron chi connectivity index (χ2n) is 5.55. The van der Waals surface area contributed by atoms with Gasteiger partial charge in [-0.25, -0.2) is 4.79 Å². The van der Waals surface area contributed by atoms with E-state index in [1.807, 2.05) is 13.0 Å². The highest BCUT2D eigenvalue weighted by atomic mass is 16.5. The highest BCUT2D eigenvalue weighted by Gasteiger charge is 2.12. The molecular formula is C20H21NO4. The van der Waals surface area contributed by atoms with Crippen molar-refractivity contribution >= 4 is 17.7 Å². The Hall–Kier alpha value is -2.95. The molecule has 0 saturated carbocycles. The summed E-state index contributed by atoms with van der Waals surface area (Å²) in [6.07, 6.45) is 1.87. The molecule has 25 heavy (non-hydrogen) atoms. The van der Waals surface area contributed by atoms with Gasteiger partial charge in [0.15, 0.2) is 12.4 Å². The molecule has 0 aliphatic rings. The highest BCUT2D eigenvalue weighted by Crippen LogP contribution is 2.11. The van der Waals surface area contributed by atoms with Gasteiger partial charge in [-0.05, 0) is 18.6 Å². The average molecular weight is 339 g/mol. The lowest BCUT2D eigenvalue weighted by Crippen LogP contribution is -2.29. The Morgan fingerprint density at radius 2 is 1.48 bits per heavy atom. The summed E-state index contributed by atoms with van der Waals surface area (Å²) in [7, 11) is 0. The van der Waals surface area contributed by atoms with Crippen LogP contribution in [-0.2, 0) is 9.53 Å². The summed E-state index contributed by atoms with van der Waals surface area (Å²) in [5, 5.41) is 2.67. The lowest BCUT2D eigenvalue weighted by atomic mass is 10.0. The molecule has 0 radical (unpaired) electrons. The van der Waals surface area contributed by atoms with Crippen molar-refractivity contribution < 1.29 is 19.1 Å². The van der Waals surface area contributed by atoms with Gasteiger partial charge in [-0.2, -0.15) is 0 Å². The van der Waals surface area contributed by atoms with Gasteiger partial charge < -0.3 is 10.1 Å². The quantitative estimate of drug-likeness (QED) is 0.456. The van der Waals surface area contributed by atoms with Crippen molar-refractivity contribution in [1.82, 2.24) is 5.32 Å². The topological polar surface area (TPSA) is 72.5 Å². The third-order valence-corrected chi connectivity index (χ3v) is 3.61. The maximum absolute atomic E-state index is 12.3. The summed E-state index contributed by atoms with van der Waals surface area (Å²) < 4.78 is 4.97. The van der Waals surface area contributed by atoms with E-state index >= 15 is 0 Å². The number of amides is 1. The number of nitrogens with one attached hydrogen (secondary N) is 1. The van der Waals surface area contributed by atoms with E-state index in [1.54, 1.807) is 36.4 Å². The first-order valence-corrected chi connectivity index (χ1v) is 8.25. The largest absolute Gasteiger partial charge is 0.452 e. The van der Waals surface area contributed by atoms with Gasteiger partial charge in [-0.3, -0.25) is 9.59 Å². The van der Waals surface area contributed by atoms with Crippen LogP contribution in [-0.4, -0.2) is 30.8 Å². The van der Waals surface area contributed by atoms with Crippen molar-refractivity contribution in [3.63, 3.8) is 0 Å². The molecule has 0 atom stereocenters. The lowest BCUT2D eigenvalue weighted by Gasteiger charge is -2.07. The third kappa shape index (κ3) is 5.57. The fraction of sp³-hybridized carbons (Fsp3) is 0.250. The minimum Gasteiger partial charge on any atom is -0.452 e. The minimum absolute atomic E-state index is 0.115. The molecule has 0 fully saturated rings. The number of carbonyl (C=O) groups excluding carboxylic acids is 3. The lowest BCUT2D eigenvalue weighted by molar-refractivity contribution is -0.124. The van der Waals surface area contributed by atoms with E-state index < -0.39 is 5.97 Å². The van der Waals surface area contributed by atoms with Crippen LogP contribution < -0.4 is 5.32 Å². The van der Waals surface area contributed by atoms with Gasteiger partial charge in [0, 0.05) is 17.7 Å². The van der Waals surface area contributed by atoms with Crippen molar-refractivity contribution in [2.75, 3.05) is 13.2 Å². The number of ketones is 1. The number of rotatable bonds is 8. The Bertz CT molecular complexity index is 723. The molecular weight excluding hydrogens is 318 g/mol. The van der Waals surface area contributed by atoms with Crippen molar-refractivity contribution in [2.45, 2.75) is 19.8 Å². The number of hydrogen-bond acceptors (Lipinski definition) is 4. The van der Waals surface area contributed by atoms with Crippen molar-refractivity contribution in [2.24, 2.45) is 0 Å². The molecule has 1 amide bonds. The van der Waals surface area contributed by atoms with E-state index in [1.165, 1.54) is 12.1 Å². The molecule has 2 aromatic rings. The van der Waals surface area contributed by atoms with Crippen molar-refractivity contribution in [3.8, 4) is 0 Å². The molecule has 0 aromatic heterocycles. The van der Waals surface area contributed by atoms with E-state index in [0.29, 0.717) is 23.2 Å². The van der Waals surface area contributed by atoms with Gasteiger partial charge in [0.1, 0.15) is 0 Å². The molecule has 0 spiro atoms. The van der Waals surface area contributed by atoms with Gasteiger partial charge in [-0.1, -0.05) is 55.8 Å². The Morgan fingerprint density at radius 3 is 2.12 bits per heavy atom. The minimum atomic E-state index is -0.593. The van der Waals surface area contributed by atoms with E-state index in [9.17, 15) is 14.4 Å². The Kier molecular flexibility index (Phi) is 6.89. The van der Waals surface area contributed by atoms with Crippen LogP contribution in [0.2, 0.25) is 0 Å². The Morgan fingerprint density at radius 1 is 0.880 bits per heavy atom. The molecule has 5 nitrogen and oxygen atoms in total. The third-order valence-electron chi connectivity index (χ3n) is 3.61. The standard InChI is InChI=1S/C20H21NO4/c1-2-3-13-21-18(22)14-25-20(24)17-11-9-16(10-12-17)19(23)15-7-5-4-6-8-15/h4-12H,2-3,13-14H2,1H3,(H,21,22).